The molecule has 2 bridgehead atoms. The number of allylic oxidation sites excluding steroid dienone is 3. The number of benzene rings is 1. The van der Waals surface area contributed by atoms with Crippen LogP contribution in [0.15, 0.2) is 48.1 Å². The van der Waals surface area contributed by atoms with Gasteiger partial charge in [-0.1, -0.05) is 88.3 Å². The quantitative estimate of drug-likeness (QED) is 0.273. The van der Waals surface area contributed by atoms with Crippen LogP contribution in [0.2, 0.25) is 0 Å². The summed E-state index contributed by atoms with van der Waals surface area (Å²) in [6.07, 6.45) is 19.6. The van der Waals surface area contributed by atoms with Gasteiger partial charge in [-0.3, -0.25) is 4.79 Å². The van der Waals surface area contributed by atoms with Crippen molar-refractivity contribution in [3.8, 4) is 0 Å². The Morgan fingerprint density at radius 3 is 2.36 bits per heavy atom. The average Bonchev–Trinajstić information content (AvgIpc) is 3.50. The minimum absolute atomic E-state index is 0.0105. The van der Waals surface area contributed by atoms with E-state index in [-0.39, 0.29) is 52.8 Å². The van der Waals surface area contributed by atoms with E-state index >= 15 is 4.79 Å². The molecule has 53 heavy (non-hydrogen) atoms. The molecule has 10 rings (SSSR count). The van der Waals surface area contributed by atoms with Gasteiger partial charge in [0.2, 0.25) is 0 Å². The van der Waals surface area contributed by atoms with Crippen LogP contribution in [0.3, 0.4) is 0 Å². The Morgan fingerprint density at radius 1 is 0.887 bits per heavy atom. The van der Waals surface area contributed by atoms with Gasteiger partial charge in [-0.15, -0.1) is 0 Å². The zero-order valence-corrected chi connectivity index (χ0v) is 32.4. The van der Waals surface area contributed by atoms with Gasteiger partial charge in [-0.05, 0) is 144 Å². The molecule has 9 aliphatic rings. The maximum absolute atomic E-state index is 15.9. The largest absolute Gasteiger partial charge is 0.396 e. The Balaban J connectivity index is 1.24. The van der Waals surface area contributed by atoms with Crippen molar-refractivity contribution in [3.63, 3.8) is 0 Å². The van der Waals surface area contributed by atoms with Gasteiger partial charge >= 0.3 is 0 Å². The summed E-state index contributed by atoms with van der Waals surface area (Å²) in [5.74, 6) is 0.0856. The van der Waals surface area contributed by atoms with Crippen molar-refractivity contribution in [2.45, 2.75) is 123 Å². The highest BCUT2D eigenvalue weighted by Crippen LogP contribution is 2.84. The van der Waals surface area contributed by atoms with E-state index in [4.69, 9.17) is 0 Å². The van der Waals surface area contributed by atoms with Crippen LogP contribution in [0.5, 0.6) is 0 Å². The molecule has 1 aromatic rings. The zero-order valence-electron chi connectivity index (χ0n) is 32.4. The van der Waals surface area contributed by atoms with Crippen molar-refractivity contribution in [2.24, 2.45) is 73.4 Å². The van der Waals surface area contributed by atoms with E-state index in [1.165, 1.54) is 16.0 Å². The first kappa shape index (κ1) is 35.3. The van der Waals surface area contributed by atoms with Crippen LogP contribution in [0.1, 0.15) is 105 Å². The summed E-state index contributed by atoms with van der Waals surface area (Å²) >= 11 is 0. The molecule has 15 atom stereocenters. The summed E-state index contributed by atoms with van der Waals surface area (Å²) in [5.41, 5.74) is -3.47. The van der Waals surface area contributed by atoms with Crippen molar-refractivity contribution >= 4 is 17.9 Å². The van der Waals surface area contributed by atoms with Gasteiger partial charge in [0.15, 0.2) is 5.78 Å². The Bertz CT molecular complexity index is 1940. The highest BCUT2D eigenvalue weighted by Gasteiger charge is 2.81. The van der Waals surface area contributed by atoms with E-state index < -0.39 is 51.5 Å². The second-order valence-electron chi connectivity index (χ2n) is 21.3. The van der Waals surface area contributed by atoms with Gasteiger partial charge in [-0.25, -0.2) is 0 Å². The van der Waals surface area contributed by atoms with Crippen LogP contribution in [0.25, 0.3) is 12.2 Å². The molecular weight excluding hydrogens is 661 g/mol. The number of ketones is 1. The van der Waals surface area contributed by atoms with Gasteiger partial charge in [-0.2, -0.15) is 0 Å². The van der Waals surface area contributed by atoms with Crippen molar-refractivity contribution in [1.29, 1.82) is 0 Å². The topological polar surface area (TPSA) is 118 Å². The third-order valence-electron chi connectivity index (χ3n) is 19.4. The zero-order chi connectivity index (χ0) is 37.2. The molecule has 0 saturated heterocycles. The molecule has 0 aromatic heterocycles. The molecular formula is C47H62O6. The normalized spacial score (nSPS) is 53.0. The second kappa shape index (κ2) is 10.8. The van der Waals surface area contributed by atoms with E-state index in [0.29, 0.717) is 25.2 Å². The molecule has 0 radical (unpaired) electrons. The van der Waals surface area contributed by atoms with Crippen molar-refractivity contribution < 1.29 is 30.3 Å². The van der Waals surface area contributed by atoms with Crippen molar-refractivity contribution in [2.75, 3.05) is 13.2 Å². The minimum atomic E-state index is -1.21. The Hall–Kier alpha value is -2.09. The Morgan fingerprint density at radius 2 is 1.62 bits per heavy atom. The first-order valence-corrected chi connectivity index (χ1v) is 21.2. The van der Waals surface area contributed by atoms with Gasteiger partial charge in [0, 0.05) is 16.7 Å². The second-order valence-corrected chi connectivity index (χ2v) is 21.3. The molecule has 0 unspecified atom stereocenters. The predicted molar refractivity (Wildman–Crippen MR) is 204 cm³/mol. The molecule has 0 aliphatic heterocycles. The van der Waals surface area contributed by atoms with Crippen LogP contribution in [-0.4, -0.2) is 62.3 Å². The molecule has 1 aromatic carbocycles. The summed E-state index contributed by atoms with van der Waals surface area (Å²) in [6.45, 7) is 8.66. The number of hydrogen-bond acceptors (Lipinski definition) is 6. The maximum Gasteiger partial charge on any atom is 0.159 e. The molecule has 6 fully saturated rings. The molecule has 6 saturated carbocycles. The standard InChI is InChI=1S/C47H62O6/c1-40(2)23-34-33-22-35(50)39-43(41(33,3)26-45(53)18-12-31-10-7-15-44(31,25-40)47(34,45)27-49)16-11-30-20-28-8-5-6-9-29(28)21-32(30)46(39)19-14-37(51)42(4,38(52)24-48)36(46)13-17-43/h5-6,8-9,12,18,20-22,30-32,34,36-39,48-49,51-53H,7,10-11,13-17,19,23-27H2,1-4H3/t30-,31-,32-,34-,36-,37+,38-,39+,41-,42+,43-,44+,45+,46-,47-/m1/s1. The predicted octanol–water partition coefficient (Wildman–Crippen LogP) is 5.22. The first-order chi connectivity index (χ1) is 25.1. The third kappa shape index (κ3) is 3.83. The molecule has 6 nitrogen and oxygen atoms in total. The van der Waals surface area contributed by atoms with E-state index in [9.17, 15) is 25.5 Å². The Kier molecular flexibility index (Phi) is 7.23. The van der Waals surface area contributed by atoms with Gasteiger partial charge < -0.3 is 25.5 Å². The van der Waals surface area contributed by atoms with E-state index in [1.54, 1.807) is 0 Å². The van der Waals surface area contributed by atoms with Crippen LogP contribution in [0.4, 0.5) is 0 Å². The number of aliphatic hydroxyl groups excluding tert-OH is 4. The summed E-state index contributed by atoms with van der Waals surface area (Å²) in [7, 11) is 0. The third-order valence-corrected chi connectivity index (χ3v) is 19.4. The van der Waals surface area contributed by atoms with Crippen LogP contribution in [-0.2, 0) is 4.79 Å². The van der Waals surface area contributed by atoms with E-state index in [1.807, 2.05) is 6.92 Å². The molecule has 0 heterocycles. The highest BCUT2D eigenvalue weighted by atomic mass is 16.3. The average molecular weight is 723 g/mol. The molecule has 2 spiro atoms. The Labute approximate surface area is 315 Å². The molecule has 5 N–H and O–H groups in total. The number of carbonyl (C=O) groups is 1. The summed E-state index contributed by atoms with van der Waals surface area (Å²) in [4.78, 5) is 15.9. The number of hydrogen-bond donors (Lipinski definition) is 5. The number of fused-ring (bicyclic) bond motifs is 4. The SMILES string of the molecule is CC1(C)C[C@@H]2C3=CC(=O)[C@@H]4[C@@]56CC[C@H](O)[C@@](C)([C@H](O)CO)[C@H]5CC[C@@]4(CC[C@@H]4C=c5ccccc5=C[C@H]46)[C@]3(C)C[C@@]3(O)C=C[C@H]4CCC[C@@]4(C1)[C@@]23CO. The number of aliphatic hydroxyl groups is 5. The molecule has 6 heteroatoms. The van der Waals surface area contributed by atoms with Crippen molar-refractivity contribution in [3.05, 3.63) is 58.5 Å². The monoisotopic (exact) mass is 722 g/mol. The van der Waals surface area contributed by atoms with E-state index in [2.05, 4.69) is 75.4 Å². The summed E-state index contributed by atoms with van der Waals surface area (Å²) in [6, 6.07) is 8.58. The minimum Gasteiger partial charge on any atom is -0.396 e. The highest BCUT2D eigenvalue weighted by molar-refractivity contribution is 5.96. The van der Waals surface area contributed by atoms with Gasteiger partial charge in [0.25, 0.3) is 0 Å². The number of rotatable bonds is 3. The smallest absolute Gasteiger partial charge is 0.159 e. The van der Waals surface area contributed by atoms with Crippen LogP contribution >= 0.6 is 0 Å². The lowest BCUT2D eigenvalue weighted by Gasteiger charge is -2.77. The fraction of sp³-hybridized carbons (Fsp3) is 0.723. The molecule has 0 amide bonds. The lowest BCUT2D eigenvalue weighted by atomic mass is 9.27. The van der Waals surface area contributed by atoms with Crippen molar-refractivity contribution in [1.82, 2.24) is 0 Å². The van der Waals surface area contributed by atoms with Crippen LogP contribution < -0.4 is 10.4 Å². The molecule has 9 aliphatic carbocycles. The fourth-order valence-electron chi connectivity index (χ4n) is 17.7. The maximum atomic E-state index is 15.9. The summed E-state index contributed by atoms with van der Waals surface area (Å²) in [5, 5.41) is 62.1. The van der Waals surface area contributed by atoms with Gasteiger partial charge in [0.1, 0.15) is 0 Å². The lowest BCUT2D eigenvalue weighted by molar-refractivity contribution is -0.284. The van der Waals surface area contributed by atoms with Gasteiger partial charge in [0.05, 0.1) is 31.0 Å². The summed E-state index contributed by atoms with van der Waals surface area (Å²) < 4.78 is 0. The number of carbonyl (C=O) groups excluding carboxylic acids is 1. The first-order valence-electron chi connectivity index (χ1n) is 21.2. The molecule has 286 valence electrons. The van der Waals surface area contributed by atoms with Crippen LogP contribution in [0, 0.1) is 73.4 Å². The van der Waals surface area contributed by atoms with E-state index in [0.717, 1.165) is 57.8 Å². The lowest BCUT2D eigenvalue weighted by Crippen LogP contribution is -2.77. The fourth-order valence-corrected chi connectivity index (χ4v) is 17.7.